The summed E-state index contributed by atoms with van der Waals surface area (Å²) in [4.78, 5) is 37.8. The SMILES string of the molecule is CC(C)(C)OC(=O)N1CCN(C(=O)COc2ccccc2[N+](=O)[O-])CC1. The molecule has 9 heteroatoms. The molecular formula is C17H23N3O6. The highest BCUT2D eigenvalue weighted by molar-refractivity contribution is 5.78. The van der Waals surface area contributed by atoms with Crippen LogP contribution in [0.3, 0.4) is 0 Å². The Morgan fingerprint density at radius 2 is 1.69 bits per heavy atom. The molecule has 1 heterocycles. The zero-order chi connectivity index (χ0) is 19.3. The number of benzene rings is 1. The standard InChI is InChI=1S/C17H23N3O6/c1-17(2,3)26-16(22)19-10-8-18(9-11-19)15(21)12-25-14-7-5-4-6-13(14)20(23)24/h4-7H,8-12H2,1-3H3. The maximum Gasteiger partial charge on any atom is 0.410 e. The number of ether oxygens (including phenoxy) is 2. The number of carbonyl (C=O) groups is 2. The number of rotatable bonds is 4. The summed E-state index contributed by atoms with van der Waals surface area (Å²) >= 11 is 0. The van der Waals surface area contributed by atoms with Gasteiger partial charge in [0, 0.05) is 32.2 Å². The molecule has 1 aliphatic heterocycles. The van der Waals surface area contributed by atoms with Gasteiger partial charge in [0.25, 0.3) is 5.91 Å². The van der Waals surface area contributed by atoms with Gasteiger partial charge in [-0.1, -0.05) is 12.1 Å². The lowest BCUT2D eigenvalue weighted by Gasteiger charge is -2.35. The topological polar surface area (TPSA) is 102 Å². The van der Waals surface area contributed by atoms with Gasteiger partial charge < -0.3 is 19.3 Å². The van der Waals surface area contributed by atoms with Crippen LogP contribution in [0.4, 0.5) is 10.5 Å². The highest BCUT2D eigenvalue weighted by Crippen LogP contribution is 2.25. The Kier molecular flexibility index (Phi) is 6.01. The molecule has 0 saturated carbocycles. The first kappa shape index (κ1) is 19.5. The Hall–Kier alpha value is -2.84. The molecule has 26 heavy (non-hydrogen) atoms. The van der Waals surface area contributed by atoms with Crippen molar-refractivity contribution >= 4 is 17.7 Å². The summed E-state index contributed by atoms with van der Waals surface area (Å²) in [6.45, 7) is 6.55. The normalized spacial score (nSPS) is 14.7. The minimum Gasteiger partial charge on any atom is -0.477 e. The van der Waals surface area contributed by atoms with Crippen LogP contribution in [-0.4, -0.2) is 65.1 Å². The van der Waals surface area contributed by atoms with E-state index in [9.17, 15) is 19.7 Å². The van der Waals surface area contributed by atoms with Gasteiger partial charge >= 0.3 is 11.8 Å². The first-order valence-electron chi connectivity index (χ1n) is 8.29. The molecule has 2 amide bonds. The molecule has 2 rings (SSSR count). The van der Waals surface area contributed by atoms with E-state index < -0.39 is 16.6 Å². The number of hydrogen-bond acceptors (Lipinski definition) is 6. The molecule has 142 valence electrons. The number of para-hydroxylation sites is 2. The Morgan fingerprint density at radius 1 is 1.12 bits per heavy atom. The monoisotopic (exact) mass is 365 g/mol. The Labute approximate surface area is 151 Å². The fourth-order valence-corrected chi connectivity index (χ4v) is 2.43. The molecule has 1 aromatic carbocycles. The summed E-state index contributed by atoms with van der Waals surface area (Å²) in [5.41, 5.74) is -0.752. The number of nitro benzene ring substituents is 1. The van der Waals surface area contributed by atoms with Crippen molar-refractivity contribution in [3.8, 4) is 5.75 Å². The van der Waals surface area contributed by atoms with E-state index >= 15 is 0 Å². The van der Waals surface area contributed by atoms with E-state index in [4.69, 9.17) is 9.47 Å². The van der Waals surface area contributed by atoms with E-state index in [1.165, 1.54) is 18.2 Å². The average molecular weight is 365 g/mol. The lowest BCUT2D eigenvalue weighted by molar-refractivity contribution is -0.385. The van der Waals surface area contributed by atoms with Crippen molar-refractivity contribution < 1.29 is 24.0 Å². The molecule has 0 atom stereocenters. The highest BCUT2D eigenvalue weighted by Gasteiger charge is 2.28. The Bertz CT molecular complexity index is 677. The van der Waals surface area contributed by atoms with Crippen LogP contribution in [-0.2, 0) is 9.53 Å². The van der Waals surface area contributed by atoms with Crippen molar-refractivity contribution in [1.82, 2.24) is 9.80 Å². The summed E-state index contributed by atoms with van der Waals surface area (Å²) in [7, 11) is 0. The number of piperazine rings is 1. The first-order chi connectivity index (χ1) is 12.2. The zero-order valence-electron chi connectivity index (χ0n) is 15.1. The predicted molar refractivity (Wildman–Crippen MR) is 93.0 cm³/mol. The van der Waals surface area contributed by atoms with Crippen LogP contribution < -0.4 is 4.74 Å². The van der Waals surface area contributed by atoms with Crippen LogP contribution in [0.5, 0.6) is 5.75 Å². The number of nitro groups is 1. The van der Waals surface area contributed by atoms with Crippen molar-refractivity contribution in [1.29, 1.82) is 0 Å². The maximum atomic E-state index is 12.3. The molecule has 0 unspecified atom stereocenters. The minimum absolute atomic E-state index is 0.0539. The van der Waals surface area contributed by atoms with E-state index in [-0.39, 0.29) is 24.0 Å². The second-order valence-corrected chi connectivity index (χ2v) is 6.86. The smallest absolute Gasteiger partial charge is 0.410 e. The quantitative estimate of drug-likeness (QED) is 0.598. The van der Waals surface area contributed by atoms with Gasteiger partial charge in [0.15, 0.2) is 12.4 Å². The summed E-state index contributed by atoms with van der Waals surface area (Å²) in [5, 5.41) is 10.9. The molecule has 1 aromatic rings. The Balaban J connectivity index is 1.84. The van der Waals surface area contributed by atoms with Crippen LogP contribution in [0, 0.1) is 10.1 Å². The molecule has 1 fully saturated rings. The van der Waals surface area contributed by atoms with E-state index in [0.717, 1.165) is 0 Å². The summed E-state index contributed by atoms with van der Waals surface area (Å²) in [6.07, 6.45) is -0.402. The molecule has 1 aliphatic rings. The van der Waals surface area contributed by atoms with Crippen LogP contribution in [0.2, 0.25) is 0 Å². The summed E-state index contributed by atoms with van der Waals surface area (Å²) in [6, 6.07) is 5.90. The number of hydrogen-bond donors (Lipinski definition) is 0. The average Bonchev–Trinajstić information content (AvgIpc) is 2.58. The Morgan fingerprint density at radius 3 is 2.27 bits per heavy atom. The van der Waals surface area contributed by atoms with E-state index in [2.05, 4.69) is 0 Å². The number of nitrogens with zero attached hydrogens (tertiary/aromatic N) is 3. The van der Waals surface area contributed by atoms with Crippen molar-refractivity contribution in [2.45, 2.75) is 26.4 Å². The molecule has 0 aromatic heterocycles. The fraction of sp³-hybridized carbons (Fsp3) is 0.529. The van der Waals surface area contributed by atoms with Crippen molar-refractivity contribution in [2.75, 3.05) is 32.8 Å². The lowest BCUT2D eigenvalue weighted by atomic mass is 10.2. The van der Waals surface area contributed by atoms with Crippen LogP contribution >= 0.6 is 0 Å². The summed E-state index contributed by atoms with van der Waals surface area (Å²) in [5.74, 6) is -0.231. The van der Waals surface area contributed by atoms with E-state index in [1.54, 1.807) is 36.6 Å². The van der Waals surface area contributed by atoms with E-state index in [1.807, 2.05) is 0 Å². The molecule has 0 radical (unpaired) electrons. The van der Waals surface area contributed by atoms with Gasteiger partial charge in [-0.3, -0.25) is 14.9 Å². The van der Waals surface area contributed by atoms with Gasteiger partial charge in [0.1, 0.15) is 5.60 Å². The summed E-state index contributed by atoms with van der Waals surface area (Å²) < 4.78 is 10.6. The molecule has 9 nitrogen and oxygen atoms in total. The van der Waals surface area contributed by atoms with Gasteiger partial charge in [-0.2, -0.15) is 0 Å². The highest BCUT2D eigenvalue weighted by atomic mass is 16.6. The molecule has 0 N–H and O–H groups in total. The number of carbonyl (C=O) groups excluding carboxylic acids is 2. The molecule has 1 saturated heterocycles. The zero-order valence-corrected chi connectivity index (χ0v) is 15.1. The van der Waals surface area contributed by atoms with Gasteiger partial charge in [-0.25, -0.2) is 4.79 Å². The minimum atomic E-state index is -0.567. The first-order valence-corrected chi connectivity index (χ1v) is 8.29. The predicted octanol–water partition coefficient (Wildman–Crippen LogP) is 2.05. The van der Waals surface area contributed by atoms with E-state index in [0.29, 0.717) is 26.2 Å². The third-order valence-corrected chi connectivity index (χ3v) is 3.70. The van der Waals surface area contributed by atoms with Gasteiger partial charge in [-0.05, 0) is 26.8 Å². The lowest BCUT2D eigenvalue weighted by Crippen LogP contribution is -2.52. The van der Waals surface area contributed by atoms with Crippen molar-refractivity contribution in [2.24, 2.45) is 0 Å². The fourth-order valence-electron chi connectivity index (χ4n) is 2.43. The van der Waals surface area contributed by atoms with Crippen LogP contribution in [0.15, 0.2) is 24.3 Å². The van der Waals surface area contributed by atoms with Gasteiger partial charge in [-0.15, -0.1) is 0 Å². The second-order valence-electron chi connectivity index (χ2n) is 6.86. The van der Waals surface area contributed by atoms with Crippen LogP contribution in [0.1, 0.15) is 20.8 Å². The van der Waals surface area contributed by atoms with Crippen LogP contribution in [0.25, 0.3) is 0 Å². The molecular weight excluding hydrogens is 342 g/mol. The van der Waals surface area contributed by atoms with Crippen molar-refractivity contribution in [3.05, 3.63) is 34.4 Å². The third-order valence-electron chi connectivity index (χ3n) is 3.70. The van der Waals surface area contributed by atoms with Gasteiger partial charge in [0.05, 0.1) is 4.92 Å². The second kappa shape index (κ2) is 8.03. The number of amides is 2. The molecule has 0 aliphatic carbocycles. The van der Waals surface area contributed by atoms with Crippen molar-refractivity contribution in [3.63, 3.8) is 0 Å². The molecule has 0 bridgehead atoms. The largest absolute Gasteiger partial charge is 0.477 e. The molecule has 0 spiro atoms. The van der Waals surface area contributed by atoms with Gasteiger partial charge in [0.2, 0.25) is 0 Å². The maximum absolute atomic E-state index is 12.3. The third kappa shape index (κ3) is 5.33.